The van der Waals surface area contributed by atoms with E-state index in [-0.39, 0.29) is 0 Å². The fraction of sp³-hybridized carbons (Fsp3) is 1.00. The summed E-state index contributed by atoms with van der Waals surface area (Å²) in [7, 11) is 0. The second-order valence-electron chi connectivity index (χ2n) is 5.10. The van der Waals surface area contributed by atoms with Crippen LogP contribution < -0.4 is 5.32 Å². The molecule has 3 heteroatoms. The van der Waals surface area contributed by atoms with Gasteiger partial charge >= 0.3 is 0 Å². The van der Waals surface area contributed by atoms with Crippen molar-refractivity contribution in [3.8, 4) is 0 Å². The van der Waals surface area contributed by atoms with Crippen LogP contribution in [0.15, 0.2) is 0 Å². The molecule has 2 aliphatic heterocycles. The van der Waals surface area contributed by atoms with Crippen LogP contribution in [0, 0.1) is 0 Å². The van der Waals surface area contributed by atoms with Crippen LogP contribution in [0.1, 0.15) is 39.0 Å². The van der Waals surface area contributed by atoms with Crippen molar-refractivity contribution in [2.75, 3.05) is 32.8 Å². The molecule has 0 saturated carbocycles. The lowest BCUT2D eigenvalue weighted by Crippen LogP contribution is -2.47. The molecular formula is C13H26N2O. The molecule has 16 heavy (non-hydrogen) atoms. The largest absolute Gasteiger partial charge is 0.378 e. The Kier molecular flexibility index (Phi) is 5.07. The number of rotatable bonds is 4. The molecule has 0 aromatic carbocycles. The van der Waals surface area contributed by atoms with Gasteiger partial charge in [-0.3, -0.25) is 0 Å². The topological polar surface area (TPSA) is 24.5 Å². The number of nitrogens with zero attached hydrogens (tertiary/aromatic N) is 1. The Hall–Kier alpha value is -0.120. The summed E-state index contributed by atoms with van der Waals surface area (Å²) < 4.78 is 5.68. The number of hydrogen-bond donors (Lipinski definition) is 1. The smallest absolute Gasteiger partial charge is 0.0599 e. The average molecular weight is 226 g/mol. The molecule has 0 spiro atoms. The van der Waals surface area contributed by atoms with Crippen LogP contribution in [0.3, 0.4) is 0 Å². The highest BCUT2D eigenvalue weighted by atomic mass is 16.5. The van der Waals surface area contributed by atoms with Gasteiger partial charge in [-0.15, -0.1) is 0 Å². The summed E-state index contributed by atoms with van der Waals surface area (Å²) in [6.45, 7) is 7.89. The minimum absolute atomic E-state index is 0.528. The summed E-state index contributed by atoms with van der Waals surface area (Å²) in [5.41, 5.74) is 0. The van der Waals surface area contributed by atoms with E-state index in [2.05, 4.69) is 17.1 Å². The van der Waals surface area contributed by atoms with Crippen LogP contribution in [0.5, 0.6) is 0 Å². The van der Waals surface area contributed by atoms with Crippen LogP contribution in [0.2, 0.25) is 0 Å². The van der Waals surface area contributed by atoms with E-state index in [9.17, 15) is 0 Å². The normalized spacial score (nSPS) is 29.4. The van der Waals surface area contributed by atoms with Gasteiger partial charge in [-0.2, -0.15) is 0 Å². The highest BCUT2D eigenvalue weighted by Crippen LogP contribution is 2.15. The van der Waals surface area contributed by atoms with Crippen molar-refractivity contribution in [2.45, 2.75) is 51.2 Å². The van der Waals surface area contributed by atoms with Gasteiger partial charge in [-0.05, 0) is 39.2 Å². The SMILES string of the molecule is CCOC1CCN(CC2CCCCN2)CC1. The van der Waals surface area contributed by atoms with Crippen LogP contribution in [-0.4, -0.2) is 49.8 Å². The molecule has 2 fully saturated rings. The predicted molar refractivity (Wildman–Crippen MR) is 66.7 cm³/mol. The second kappa shape index (κ2) is 6.58. The van der Waals surface area contributed by atoms with Gasteiger partial charge in [-0.25, -0.2) is 0 Å². The van der Waals surface area contributed by atoms with Crippen molar-refractivity contribution in [3.05, 3.63) is 0 Å². The molecule has 3 nitrogen and oxygen atoms in total. The predicted octanol–water partition coefficient (Wildman–Crippen LogP) is 1.63. The Morgan fingerprint density at radius 2 is 2.00 bits per heavy atom. The molecule has 0 aromatic heterocycles. The maximum atomic E-state index is 5.68. The van der Waals surface area contributed by atoms with E-state index in [1.54, 1.807) is 0 Å². The third-order valence-electron chi connectivity index (χ3n) is 3.83. The van der Waals surface area contributed by atoms with Gasteiger partial charge in [-0.1, -0.05) is 6.42 Å². The first-order chi connectivity index (χ1) is 7.88. The van der Waals surface area contributed by atoms with E-state index in [4.69, 9.17) is 4.74 Å². The first kappa shape index (κ1) is 12.3. The minimum atomic E-state index is 0.528. The maximum Gasteiger partial charge on any atom is 0.0599 e. The number of nitrogens with one attached hydrogen (secondary N) is 1. The van der Waals surface area contributed by atoms with Crippen molar-refractivity contribution in [1.29, 1.82) is 0 Å². The lowest BCUT2D eigenvalue weighted by Gasteiger charge is -2.35. The third kappa shape index (κ3) is 3.72. The molecule has 1 unspecified atom stereocenters. The molecule has 1 atom stereocenters. The number of hydrogen-bond acceptors (Lipinski definition) is 3. The van der Waals surface area contributed by atoms with Gasteiger partial charge in [0.1, 0.15) is 0 Å². The Morgan fingerprint density at radius 1 is 1.19 bits per heavy atom. The van der Waals surface area contributed by atoms with Gasteiger partial charge in [0.25, 0.3) is 0 Å². The van der Waals surface area contributed by atoms with Crippen LogP contribution in [0.4, 0.5) is 0 Å². The van der Waals surface area contributed by atoms with Gasteiger partial charge in [0, 0.05) is 32.3 Å². The molecule has 2 saturated heterocycles. The number of likely N-dealkylation sites (tertiary alicyclic amines) is 1. The van der Waals surface area contributed by atoms with Gasteiger partial charge in [0.15, 0.2) is 0 Å². The minimum Gasteiger partial charge on any atom is -0.378 e. The first-order valence-electron chi connectivity index (χ1n) is 6.96. The van der Waals surface area contributed by atoms with E-state index in [0.29, 0.717) is 6.10 Å². The summed E-state index contributed by atoms with van der Waals surface area (Å²) in [4.78, 5) is 2.61. The van der Waals surface area contributed by atoms with Crippen molar-refractivity contribution in [3.63, 3.8) is 0 Å². The summed E-state index contributed by atoms with van der Waals surface area (Å²) in [6.07, 6.45) is 7.11. The molecule has 2 rings (SSSR count). The lowest BCUT2D eigenvalue weighted by molar-refractivity contribution is 0.0118. The van der Waals surface area contributed by atoms with E-state index < -0.39 is 0 Å². The summed E-state index contributed by atoms with van der Waals surface area (Å²) in [6, 6.07) is 0.748. The summed E-state index contributed by atoms with van der Waals surface area (Å²) in [5.74, 6) is 0. The molecular weight excluding hydrogens is 200 g/mol. The van der Waals surface area contributed by atoms with E-state index >= 15 is 0 Å². The van der Waals surface area contributed by atoms with Crippen molar-refractivity contribution >= 4 is 0 Å². The molecule has 94 valence electrons. The fourth-order valence-electron chi connectivity index (χ4n) is 2.89. The Labute approximate surface area is 99.5 Å². The van der Waals surface area contributed by atoms with Gasteiger partial charge in [0.05, 0.1) is 6.10 Å². The fourth-order valence-corrected chi connectivity index (χ4v) is 2.89. The Bertz CT molecular complexity index is 184. The average Bonchev–Trinajstić information content (AvgIpc) is 2.33. The van der Waals surface area contributed by atoms with Gasteiger partial charge < -0.3 is 15.0 Å². The summed E-state index contributed by atoms with van der Waals surface area (Å²) in [5, 5.41) is 3.63. The van der Waals surface area contributed by atoms with Crippen LogP contribution in [-0.2, 0) is 4.74 Å². The molecule has 0 bridgehead atoms. The van der Waals surface area contributed by atoms with E-state index in [1.807, 2.05) is 0 Å². The molecule has 0 aromatic rings. The zero-order valence-electron chi connectivity index (χ0n) is 10.6. The second-order valence-corrected chi connectivity index (χ2v) is 5.10. The lowest BCUT2D eigenvalue weighted by atomic mass is 10.0. The monoisotopic (exact) mass is 226 g/mol. The molecule has 1 N–H and O–H groups in total. The van der Waals surface area contributed by atoms with Gasteiger partial charge in [0.2, 0.25) is 0 Å². The zero-order chi connectivity index (χ0) is 11.2. The first-order valence-corrected chi connectivity index (χ1v) is 6.96. The highest BCUT2D eigenvalue weighted by Gasteiger charge is 2.22. The van der Waals surface area contributed by atoms with Crippen molar-refractivity contribution in [1.82, 2.24) is 10.2 Å². The third-order valence-corrected chi connectivity index (χ3v) is 3.83. The van der Waals surface area contributed by atoms with Crippen molar-refractivity contribution < 1.29 is 4.74 Å². The summed E-state index contributed by atoms with van der Waals surface area (Å²) >= 11 is 0. The van der Waals surface area contributed by atoms with Crippen molar-refractivity contribution in [2.24, 2.45) is 0 Å². The Morgan fingerprint density at radius 3 is 2.62 bits per heavy atom. The number of piperidine rings is 2. The standard InChI is InChI=1S/C13H26N2O/c1-2-16-13-6-9-15(10-7-13)11-12-5-3-4-8-14-12/h12-14H,2-11H2,1H3. The molecule has 2 heterocycles. The van der Waals surface area contributed by atoms with E-state index in [1.165, 1.54) is 58.3 Å². The molecule has 0 aliphatic carbocycles. The number of ether oxygens (including phenoxy) is 1. The van der Waals surface area contributed by atoms with Crippen LogP contribution >= 0.6 is 0 Å². The van der Waals surface area contributed by atoms with Crippen LogP contribution in [0.25, 0.3) is 0 Å². The van der Waals surface area contributed by atoms with E-state index in [0.717, 1.165) is 12.6 Å². The molecule has 2 aliphatic rings. The Balaban J connectivity index is 1.64. The molecule has 0 radical (unpaired) electrons. The molecule has 0 amide bonds. The highest BCUT2D eigenvalue weighted by molar-refractivity contribution is 4.79. The maximum absolute atomic E-state index is 5.68. The quantitative estimate of drug-likeness (QED) is 0.788. The zero-order valence-corrected chi connectivity index (χ0v) is 10.6.